The molecule has 2 N–H and O–H groups in total. The number of nitro groups is 1. The average molecular weight is 335 g/mol. The Balaban J connectivity index is 2.01. The van der Waals surface area contributed by atoms with Crippen LogP contribution in [-0.2, 0) is 0 Å². The normalized spacial score (nSPS) is 10.3. The Hall–Kier alpha value is -3.48. The first-order valence-corrected chi connectivity index (χ1v) is 7.71. The zero-order valence-electron chi connectivity index (χ0n) is 13.9. The van der Waals surface area contributed by atoms with Gasteiger partial charge < -0.3 is 10.6 Å². The van der Waals surface area contributed by atoms with Crippen LogP contribution >= 0.6 is 0 Å². The standard InChI is InChI=1S/C18H17N5O2/c1-12-7-6-10-15(13(12)2)22-18-16(23(24)25)17(19-11-20-18)21-14-8-4-3-5-9-14/h3-11H,1-2H3,(H2,19,20,21,22). The first-order chi connectivity index (χ1) is 12.1. The molecule has 1 aromatic heterocycles. The van der Waals surface area contributed by atoms with Gasteiger partial charge in [-0.1, -0.05) is 30.3 Å². The van der Waals surface area contributed by atoms with E-state index in [0.717, 1.165) is 16.8 Å². The molecule has 0 spiro atoms. The van der Waals surface area contributed by atoms with Gasteiger partial charge in [-0.05, 0) is 43.2 Å². The zero-order chi connectivity index (χ0) is 17.8. The first-order valence-electron chi connectivity index (χ1n) is 7.71. The van der Waals surface area contributed by atoms with E-state index >= 15 is 0 Å². The maximum Gasteiger partial charge on any atom is 0.353 e. The van der Waals surface area contributed by atoms with Crippen LogP contribution in [0.2, 0.25) is 0 Å². The largest absolute Gasteiger partial charge is 0.353 e. The molecule has 7 nitrogen and oxygen atoms in total. The van der Waals surface area contributed by atoms with Crippen molar-refractivity contribution in [2.75, 3.05) is 10.6 Å². The van der Waals surface area contributed by atoms with E-state index in [-0.39, 0.29) is 17.3 Å². The molecule has 0 aliphatic heterocycles. The van der Waals surface area contributed by atoms with Gasteiger partial charge in [-0.15, -0.1) is 0 Å². The molecule has 3 rings (SSSR count). The average Bonchev–Trinajstić information content (AvgIpc) is 2.60. The highest BCUT2D eigenvalue weighted by molar-refractivity contribution is 5.77. The number of rotatable bonds is 5. The number of anilines is 4. The van der Waals surface area contributed by atoms with Gasteiger partial charge in [0.1, 0.15) is 6.33 Å². The molecule has 0 aliphatic rings. The summed E-state index contributed by atoms with van der Waals surface area (Å²) in [6, 6.07) is 14.9. The number of nitrogens with zero attached hydrogens (tertiary/aromatic N) is 3. The second-order valence-electron chi connectivity index (χ2n) is 5.54. The molecule has 0 fully saturated rings. The summed E-state index contributed by atoms with van der Waals surface area (Å²) >= 11 is 0. The minimum absolute atomic E-state index is 0.138. The summed E-state index contributed by atoms with van der Waals surface area (Å²) in [5, 5.41) is 17.7. The van der Waals surface area contributed by atoms with E-state index in [0.29, 0.717) is 5.69 Å². The van der Waals surface area contributed by atoms with E-state index in [1.807, 2.05) is 62.4 Å². The van der Waals surface area contributed by atoms with Crippen molar-refractivity contribution in [2.24, 2.45) is 0 Å². The summed E-state index contributed by atoms with van der Waals surface area (Å²) in [6.45, 7) is 3.94. The molecule has 0 aliphatic carbocycles. The number of aromatic nitrogens is 2. The van der Waals surface area contributed by atoms with E-state index in [1.54, 1.807) is 0 Å². The van der Waals surface area contributed by atoms with Gasteiger partial charge in [0, 0.05) is 11.4 Å². The highest BCUT2D eigenvalue weighted by Crippen LogP contribution is 2.33. The number of para-hydroxylation sites is 1. The van der Waals surface area contributed by atoms with Crippen molar-refractivity contribution in [3.8, 4) is 0 Å². The Bertz CT molecular complexity index is 913. The predicted octanol–water partition coefficient (Wildman–Crippen LogP) is 4.49. The molecule has 0 saturated heterocycles. The number of hydrogen-bond acceptors (Lipinski definition) is 6. The smallest absolute Gasteiger partial charge is 0.334 e. The second kappa shape index (κ2) is 6.96. The monoisotopic (exact) mass is 335 g/mol. The van der Waals surface area contributed by atoms with Crippen LogP contribution in [0, 0.1) is 24.0 Å². The van der Waals surface area contributed by atoms with Crippen LogP contribution in [0.3, 0.4) is 0 Å². The van der Waals surface area contributed by atoms with E-state index in [4.69, 9.17) is 0 Å². The fourth-order valence-electron chi connectivity index (χ4n) is 2.41. The minimum Gasteiger partial charge on any atom is -0.334 e. The first kappa shape index (κ1) is 16.4. The molecular formula is C18H17N5O2. The summed E-state index contributed by atoms with van der Waals surface area (Å²) in [6.07, 6.45) is 1.30. The van der Waals surface area contributed by atoms with Gasteiger partial charge in [0.25, 0.3) is 0 Å². The van der Waals surface area contributed by atoms with Crippen LogP contribution in [0.4, 0.5) is 28.7 Å². The molecule has 3 aromatic rings. The molecular weight excluding hydrogens is 318 g/mol. The van der Waals surface area contributed by atoms with Crippen molar-refractivity contribution < 1.29 is 4.92 Å². The topological polar surface area (TPSA) is 93.0 Å². The maximum atomic E-state index is 11.6. The molecule has 0 unspecified atom stereocenters. The van der Waals surface area contributed by atoms with E-state index in [2.05, 4.69) is 20.6 Å². The number of nitrogens with one attached hydrogen (secondary N) is 2. The Labute approximate surface area is 144 Å². The van der Waals surface area contributed by atoms with Crippen LogP contribution in [-0.4, -0.2) is 14.9 Å². The van der Waals surface area contributed by atoms with E-state index in [1.165, 1.54) is 6.33 Å². The lowest BCUT2D eigenvalue weighted by molar-refractivity contribution is -0.383. The minimum atomic E-state index is -0.487. The Morgan fingerprint density at radius 3 is 2.28 bits per heavy atom. The molecule has 0 radical (unpaired) electrons. The third-order valence-corrected chi connectivity index (χ3v) is 3.90. The van der Waals surface area contributed by atoms with Crippen molar-refractivity contribution in [3.05, 3.63) is 76.1 Å². The molecule has 0 amide bonds. The molecule has 7 heteroatoms. The van der Waals surface area contributed by atoms with Crippen LogP contribution < -0.4 is 10.6 Å². The van der Waals surface area contributed by atoms with Crippen molar-refractivity contribution >= 4 is 28.7 Å². The predicted molar refractivity (Wildman–Crippen MR) is 97.6 cm³/mol. The summed E-state index contributed by atoms with van der Waals surface area (Å²) in [4.78, 5) is 19.2. The molecule has 0 saturated carbocycles. The van der Waals surface area contributed by atoms with Gasteiger partial charge in [-0.3, -0.25) is 10.1 Å². The fourth-order valence-corrected chi connectivity index (χ4v) is 2.41. The summed E-state index contributed by atoms with van der Waals surface area (Å²) in [5.74, 6) is 0.283. The Morgan fingerprint density at radius 2 is 1.60 bits per heavy atom. The lowest BCUT2D eigenvalue weighted by Gasteiger charge is -2.12. The van der Waals surface area contributed by atoms with Crippen LogP contribution in [0.25, 0.3) is 0 Å². The molecule has 0 bridgehead atoms. The van der Waals surface area contributed by atoms with Crippen LogP contribution in [0.15, 0.2) is 54.9 Å². The fraction of sp³-hybridized carbons (Fsp3) is 0.111. The molecule has 1 heterocycles. The maximum absolute atomic E-state index is 11.6. The number of aryl methyl sites for hydroxylation is 1. The lowest BCUT2D eigenvalue weighted by atomic mass is 10.1. The molecule has 126 valence electrons. The van der Waals surface area contributed by atoms with Gasteiger partial charge in [0.05, 0.1) is 4.92 Å². The van der Waals surface area contributed by atoms with Crippen molar-refractivity contribution in [1.82, 2.24) is 9.97 Å². The SMILES string of the molecule is Cc1cccc(Nc2ncnc(Nc3ccccc3)c2[N+](=O)[O-])c1C. The van der Waals surface area contributed by atoms with Gasteiger partial charge >= 0.3 is 5.69 Å². The van der Waals surface area contributed by atoms with Crippen molar-refractivity contribution in [1.29, 1.82) is 0 Å². The van der Waals surface area contributed by atoms with Crippen molar-refractivity contribution in [2.45, 2.75) is 13.8 Å². The van der Waals surface area contributed by atoms with Crippen LogP contribution in [0.5, 0.6) is 0 Å². The molecule has 25 heavy (non-hydrogen) atoms. The van der Waals surface area contributed by atoms with E-state index in [9.17, 15) is 10.1 Å². The van der Waals surface area contributed by atoms with Gasteiger partial charge in [-0.2, -0.15) is 0 Å². The molecule has 0 atom stereocenters. The van der Waals surface area contributed by atoms with Gasteiger partial charge in [-0.25, -0.2) is 9.97 Å². The van der Waals surface area contributed by atoms with E-state index < -0.39 is 4.92 Å². The third kappa shape index (κ3) is 3.55. The lowest BCUT2D eigenvalue weighted by Crippen LogP contribution is -2.06. The Morgan fingerprint density at radius 1 is 0.920 bits per heavy atom. The number of benzene rings is 2. The second-order valence-corrected chi connectivity index (χ2v) is 5.54. The summed E-state index contributed by atoms with van der Waals surface area (Å²) in [5.41, 5.74) is 3.37. The Kier molecular flexibility index (Phi) is 4.56. The zero-order valence-corrected chi connectivity index (χ0v) is 13.9. The van der Waals surface area contributed by atoms with Gasteiger partial charge in [0.15, 0.2) is 0 Å². The summed E-state index contributed by atoms with van der Waals surface area (Å²) in [7, 11) is 0. The highest BCUT2D eigenvalue weighted by atomic mass is 16.6. The third-order valence-electron chi connectivity index (χ3n) is 3.90. The van der Waals surface area contributed by atoms with Crippen LogP contribution in [0.1, 0.15) is 11.1 Å². The highest BCUT2D eigenvalue weighted by Gasteiger charge is 2.23. The van der Waals surface area contributed by atoms with Crippen molar-refractivity contribution in [3.63, 3.8) is 0 Å². The summed E-state index contributed by atoms with van der Waals surface area (Å²) < 4.78 is 0. The number of hydrogen-bond donors (Lipinski definition) is 2. The molecule has 2 aromatic carbocycles. The quantitative estimate of drug-likeness (QED) is 0.527. The van der Waals surface area contributed by atoms with Gasteiger partial charge in [0.2, 0.25) is 11.6 Å².